The van der Waals surface area contributed by atoms with Gasteiger partial charge >= 0.3 is 0 Å². The summed E-state index contributed by atoms with van der Waals surface area (Å²) in [4.78, 5) is 3.72. The summed E-state index contributed by atoms with van der Waals surface area (Å²) in [5.74, 6) is 1.05. The quantitative estimate of drug-likeness (QED) is 0.124. The molecule has 59 heavy (non-hydrogen) atoms. The van der Waals surface area contributed by atoms with Crippen molar-refractivity contribution in [2.45, 2.75) is 0 Å². The Morgan fingerprint density at radius 2 is 0.729 bits per heavy atom. The van der Waals surface area contributed by atoms with Gasteiger partial charge in [-0.3, -0.25) is 0 Å². The third kappa shape index (κ3) is 6.02. The molecule has 1 N–H and O–H groups in total. The number of para-hydroxylation sites is 3. The number of hydrogen-bond acceptors (Lipinski definition) is 0. The van der Waals surface area contributed by atoms with Gasteiger partial charge < -0.3 is 0 Å². The summed E-state index contributed by atoms with van der Waals surface area (Å²) in [6.07, 6.45) is 0. The van der Waals surface area contributed by atoms with E-state index in [2.05, 4.69) is 240 Å². The van der Waals surface area contributed by atoms with Crippen LogP contribution in [0.2, 0.25) is 0 Å². The lowest BCUT2D eigenvalue weighted by molar-refractivity contribution is -0.554. The van der Waals surface area contributed by atoms with Crippen LogP contribution in [0.5, 0.6) is 0 Å². The molecule has 0 spiro atoms. The molecule has 1 aromatic heterocycles. The molecule has 2 heteroatoms. The first-order valence-corrected chi connectivity index (χ1v) is 20.3. The van der Waals surface area contributed by atoms with Crippen LogP contribution >= 0.6 is 0 Å². The van der Waals surface area contributed by atoms with Crippen LogP contribution in [0.15, 0.2) is 231 Å². The second kappa shape index (κ2) is 14.6. The second-order valence-corrected chi connectivity index (χ2v) is 15.1. The van der Waals surface area contributed by atoms with Crippen molar-refractivity contribution < 1.29 is 4.57 Å². The zero-order valence-corrected chi connectivity index (χ0v) is 32.4. The SMILES string of the molecule is c1ccc(-c2ccccc2-c2c3ccccc3c(-c3ccccc3-c3ccccc3)c3cc(-c4ccc(-c5[nH]c6ccccc6[n+]5-c5ccccc5)cc4)ccc23)cc1. The van der Waals surface area contributed by atoms with Gasteiger partial charge in [0.2, 0.25) is 0 Å². The van der Waals surface area contributed by atoms with Crippen LogP contribution in [0.4, 0.5) is 0 Å². The summed E-state index contributed by atoms with van der Waals surface area (Å²) in [5, 5.41) is 4.93. The summed E-state index contributed by atoms with van der Waals surface area (Å²) >= 11 is 0. The molecule has 0 atom stereocenters. The molecule has 0 saturated heterocycles. The molecular formula is C57H39N2+. The van der Waals surface area contributed by atoms with E-state index in [1.54, 1.807) is 0 Å². The van der Waals surface area contributed by atoms with Crippen LogP contribution in [-0.2, 0) is 0 Å². The maximum absolute atomic E-state index is 3.72. The minimum absolute atomic E-state index is 1.05. The van der Waals surface area contributed by atoms with E-state index in [0.717, 1.165) is 28.1 Å². The Kier molecular flexibility index (Phi) is 8.52. The third-order valence-electron chi connectivity index (χ3n) is 11.7. The first-order chi connectivity index (χ1) is 29.3. The van der Waals surface area contributed by atoms with E-state index in [1.807, 2.05) is 0 Å². The Hall–Kier alpha value is -7.81. The van der Waals surface area contributed by atoms with E-state index in [4.69, 9.17) is 0 Å². The first kappa shape index (κ1) is 34.4. The summed E-state index contributed by atoms with van der Waals surface area (Å²) in [5.41, 5.74) is 16.6. The Bertz CT molecular complexity index is 3290. The van der Waals surface area contributed by atoms with Gasteiger partial charge in [-0.25, -0.2) is 4.98 Å². The monoisotopic (exact) mass is 751 g/mol. The Balaban J connectivity index is 1.15. The van der Waals surface area contributed by atoms with E-state index < -0.39 is 0 Å². The zero-order chi connectivity index (χ0) is 39.1. The molecule has 0 aliphatic carbocycles. The molecule has 0 unspecified atom stereocenters. The smallest absolute Gasteiger partial charge is 0.236 e. The molecule has 1 heterocycles. The molecular weight excluding hydrogens is 713 g/mol. The highest BCUT2D eigenvalue weighted by Gasteiger charge is 2.23. The number of aromatic nitrogens is 2. The van der Waals surface area contributed by atoms with Crippen molar-refractivity contribution in [1.29, 1.82) is 0 Å². The lowest BCUT2D eigenvalue weighted by atomic mass is 9.81. The van der Waals surface area contributed by atoms with Gasteiger partial charge in [-0.15, -0.1) is 0 Å². The number of aromatic amines is 1. The maximum atomic E-state index is 3.72. The number of nitrogens with zero attached hydrogens (tertiary/aromatic N) is 1. The average molecular weight is 752 g/mol. The summed E-state index contributed by atoms with van der Waals surface area (Å²) in [7, 11) is 0. The zero-order valence-electron chi connectivity index (χ0n) is 32.4. The maximum Gasteiger partial charge on any atom is 0.292 e. The normalized spacial score (nSPS) is 11.4. The van der Waals surface area contributed by atoms with E-state index in [1.165, 1.54) is 77.2 Å². The van der Waals surface area contributed by atoms with E-state index in [0.29, 0.717) is 0 Å². The molecule has 0 aliphatic heterocycles. The molecule has 11 aromatic rings. The van der Waals surface area contributed by atoms with E-state index in [-0.39, 0.29) is 0 Å². The van der Waals surface area contributed by atoms with Crippen LogP contribution in [0, 0.1) is 0 Å². The number of imidazole rings is 1. The van der Waals surface area contributed by atoms with Gasteiger partial charge in [0.15, 0.2) is 11.0 Å². The fraction of sp³-hybridized carbons (Fsp3) is 0. The number of nitrogens with one attached hydrogen (secondary N) is 1. The highest BCUT2D eigenvalue weighted by Crippen LogP contribution is 2.48. The van der Waals surface area contributed by atoms with Gasteiger partial charge in [-0.2, -0.15) is 4.57 Å². The molecule has 2 nitrogen and oxygen atoms in total. The van der Waals surface area contributed by atoms with Crippen molar-refractivity contribution in [2.24, 2.45) is 0 Å². The van der Waals surface area contributed by atoms with Crippen molar-refractivity contribution in [2.75, 3.05) is 0 Å². The standard InChI is InChI=1S/C57H38N2/c1-4-18-40(19-5-1)45-24-10-12-26-47(45)55-49-28-14-15-29-50(49)56(48-27-13-11-25-46(48)41-20-6-2-7-21-41)52-38-43(36-37-51(52)55)39-32-34-42(35-33-39)57-58-53-30-16-17-31-54(53)59(57)44-22-8-3-9-23-44/h1-38H/p+1. The van der Waals surface area contributed by atoms with Gasteiger partial charge in [-0.1, -0.05) is 188 Å². The molecule has 10 aromatic carbocycles. The van der Waals surface area contributed by atoms with Crippen LogP contribution in [0.1, 0.15) is 0 Å². The van der Waals surface area contributed by atoms with Crippen LogP contribution in [0.3, 0.4) is 0 Å². The number of benzene rings is 10. The lowest BCUT2D eigenvalue weighted by Crippen LogP contribution is -2.31. The van der Waals surface area contributed by atoms with Crippen LogP contribution in [-0.4, -0.2) is 4.98 Å². The molecule has 0 aliphatic rings. The molecule has 276 valence electrons. The highest BCUT2D eigenvalue weighted by atomic mass is 15.1. The minimum Gasteiger partial charge on any atom is -0.236 e. The fourth-order valence-corrected chi connectivity index (χ4v) is 9.02. The Morgan fingerprint density at radius 1 is 0.288 bits per heavy atom. The molecule has 11 rings (SSSR count). The van der Waals surface area contributed by atoms with Crippen molar-refractivity contribution in [3.05, 3.63) is 231 Å². The predicted molar refractivity (Wildman–Crippen MR) is 247 cm³/mol. The minimum atomic E-state index is 1.05. The molecule has 0 amide bonds. The van der Waals surface area contributed by atoms with Crippen molar-refractivity contribution >= 4 is 32.6 Å². The number of fused-ring (bicyclic) bond motifs is 3. The van der Waals surface area contributed by atoms with Gasteiger partial charge in [0.25, 0.3) is 5.82 Å². The van der Waals surface area contributed by atoms with Crippen LogP contribution < -0.4 is 4.57 Å². The lowest BCUT2D eigenvalue weighted by Gasteiger charge is -2.21. The van der Waals surface area contributed by atoms with Crippen molar-refractivity contribution in [3.8, 4) is 72.7 Å². The third-order valence-corrected chi connectivity index (χ3v) is 11.7. The molecule has 0 radical (unpaired) electrons. The second-order valence-electron chi connectivity index (χ2n) is 15.1. The van der Waals surface area contributed by atoms with Gasteiger partial charge in [0.1, 0.15) is 5.69 Å². The number of H-pyrrole nitrogens is 1. The summed E-state index contributed by atoms with van der Waals surface area (Å²) in [6.45, 7) is 0. The predicted octanol–water partition coefficient (Wildman–Crippen LogP) is 14.8. The molecule has 0 saturated carbocycles. The van der Waals surface area contributed by atoms with Crippen molar-refractivity contribution in [1.82, 2.24) is 4.98 Å². The largest absolute Gasteiger partial charge is 0.292 e. The Morgan fingerprint density at radius 3 is 1.34 bits per heavy atom. The summed E-state index contributed by atoms with van der Waals surface area (Å²) in [6, 6.07) is 83.5. The highest BCUT2D eigenvalue weighted by molar-refractivity contribution is 6.23. The first-order valence-electron chi connectivity index (χ1n) is 20.3. The molecule has 0 bridgehead atoms. The van der Waals surface area contributed by atoms with Gasteiger partial charge in [0, 0.05) is 0 Å². The van der Waals surface area contributed by atoms with Gasteiger partial charge in [0.05, 0.1) is 5.56 Å². The number of rotatable bonds is 7. The average Bonchev–Trinajstić information content (AvgIpc) is 3.71. The van der Waals surface area contributed by atoms with E-state index >= 15 is 0 Å². The molecule has 0 fully saturated rings. The van der Waals surface area contributed by atoms with Crippen molar-refractivity contribution in [3.63, 3.8) is 0 Å². The van der Waals surface area contributed by atoms with E-state index in [9.17, 15) is 0 Å². The fourth-order valence-electron chi connectivity index (χ4n) is 9.02. The van der Waals surface area contributed by atoms with Gasteiger partial charge in [-0.05, 0) is 120 Å². The topological polar surface area (TPSA) is 19.7 Å². The summed E-state index contributed by atoms with van der Waals surface area (Å²) < 4.78 is 2.32. The van der Waals surface area contributed by atoms with Crippen LogP contribution in [0.25, 0.3) is 105 Å². The number of hydrogen-bond donors (Lipinski definition) is 1. The Labute approximate surface area is 344 Å².